The molecule has 1 saturated heterocycles. The van der Waals surface area contributed by atoms with Crippen LogP contribution in [0.15, 0.2) is 18.3 Å². The molecule has 1 N–H and O–H groups in total. The van der Waals surface area contributed by atoms with Crippen LogP contribution < -0.4 is 4.90 Å². The van der Waals surface area contributed by atoms with Crippen molar-refractivity contribution in [3.63, 3.8) is 0 Å². The lowest BCUT2D eigenvalue weighted by atomic mass is 10.3. The first-order chi connectivity index (χ1) is 6.75. The SMILES string of the molecule is CN1CCN(c2ccc(O)cn2)CC1. The molecule has 0 saturated carbocycles. The van der Waals surface area contributed by atoms with Gasteiger partial charge in [-0.3, -0.25) is 0 Å². The van der Waals surface area contributed by atoms with Crippen molar-refractivity contribution in [1.82, 2.24) is 9.88 Å². The van der Waals surface area contributed by atoms with Crippen LogP contribution in [0, 0.1) is 0 Å². The Labute approximate surface area is 83.8 Å². The Bertz CT molecular complexity index is 291. The molecule has 2 rings (SSSR count). The summed E-state index contributed by atoms with van der Waals surface area (Å²) in [7, 11) is 2.13. The summed E-state index contributed by atoms with van der Waals surface area (Å²) in [4.78, 5) is 8.72. The number of aromatic nitrogens is 1. The molecule has 0 unspecified atom stereocenters. The Kier molecular flexibility index (Phi) is 2.54. The first kappa shape index (κ1) is 9.27. The maximum absolute atomic E-state index is 9.11. The van der Waals surface area contributed by atoms with Crippen LogP contribution in [0.3, 0.4) is 0 Å². The highest BCUT2D eigenvalue weighted by Crippen LogP contribution is 2.15. The van der Waals surface area contributed by atoms with Gasteiger partial charge in [0.25, 0.3) is 0 Å². The Balaban J connectivity index is 2.05. The average molecular weight is 193 g/mol. The summed E-state index contributed by atoms with van der Waals surface area (Å²) < 4.78 is 0. The number of nitrogens with zero attached hydrogens (tertiary/aromatic N) is 3. The third-order valence-electron chi connectivity index (χ3n) is 2.56. The van der Waals surface area contributed by atoms with Gasteiger partial charge in [-0.05, 0) is 19.2 Å². The molecular weight excluding hydrogens is 178 g/mol. The molecule has 2 heterocycles. The molecule has 0 aliphatic carbocycles. The number of piperazine rings is 1. The molecule has 14 heavy (non-hydrogen) atoms. The molecule has 4 heteroatoms. The fourth-order valence-electron chi connectivity index (χ4n) is 1.60. The van der Waals surface area contributed by atoms with Gasteiger partial charge in [-0.2, -0.15) is 0 Å². The molecule has 1 aromatic rings. The number of hydrogen-bond acceptors (Lipinski definition) is 4. The van der Waals surface area contributed by atoms with Crippen LogP contribution in [0.25, 0.3) is 0 Å². The van der Waals surface area contributed by atoms with Gasteiger partial charge in [0.2, 0.25) is 0 Å². The zero-order valence-electron chi connectivity index (χ0n) is 8.35. The van der Waals surface area contributed by atoms with Gasteiger partial charge in [0.15, 0.2) is 0 Å². The van der Waals surface area contributed by atoms with E-state index in [-0.39, 0.29) is 5.75 Å². The summed E-state index contributed by atoms with van der Waals surface area (Å²) in [6.45, 7) is 4.16. The summed E-state index contributed by atoms with van der Waals surface area (Å²) in [6, 6.07) is 3.54. The van der Waals surface area contributed by atoms with E-state index in [1.54, 1.807) is 6.07 Å². The van der Waals surface area contributed by atoms with Crippen molar-refractivity contribution < 1.29 is 5.11 Å². The van der Waals surface area contributed by atoms with E-state index in [1.807, 2.05) is 6.07 Å². The molecule has 0 aromatic carbocycles. The van der Waals surface area contributed by atoms with Crippen LogP contribution in [0.5, 0.6) is 5.75 Å². The first-order valence-electron chi connectivity index (χ1n) is 4.84. The predicted octanol–water partition coefficient (Wildman–Crippen LogP) is 0.539. The second kappa shape index (κ2) is 3.84. The highest BCUT2D eigenvalue weighted by Gasteiger charge is 2.14. The van der Waals surface area contributed by atoms with Crippen molar-refractivity contribution in [3.8, 4) is 5.75 Å². The molecular formula is C10H15N3O. The molecule has 0 radical (unpaired) electrons. The maximum atomic E-state index is 9.11. The van der Waals surface area contributed by atoms with Crippen molar-refractivity contribution in [2.75, 3.05) is 38.1 Å². The zero-order valence-corrected chi connectivity index (χ0v) is 8.35. The summed E-state index contributed by atoms with van der Waals surface area (Å²) in [6.07, 6.45) is 1.49. The van der Waals surface area contributed by atoms with Crippen molar-refractivity contribution in [2.24, 2.45) is 0 Å². The van der Waals surface area contributed by atoms with Crippen molar-refractivity contribution in [2.45, 2.75) is 0 Å². The van der Waals surface area contributed by atoms with Crippen LogP contribution in [-0.4, -0.2) is 48.2 Å². The molecule has 0 amide bonds. The Hall–Kier alpha value is -1.29. The van der Waals surface area contributed by atoms with Gasteiger partial charge in [0.05, 0.1) is 6.20 Å². The van der Waals surface area contributed by atoms with E-state index in [9.17, 15) is 0 Å². The van der Waals surface area contributed by atoms with Crippen molar-refractivity contribution >= 4 is 5.82 Å². The van der Waals surface area contributed by atoms with E-state index in [2.05, 4.69) is 21.8 Å². The third kappa shape index (κ3) is 1.96. The van der Waals surface area contributed by atoms with E-state index in [1.165, 1.54) is 6.20 Å². The normalized spacial score (nSPS) is 18.5. The minimum absolute atomic E-state index is 0.225. The molecule has 0 bridgehead atoms. The van der Waals surface area contributed by atoms with E-state index < -0.39 is 0 Å². The van der Waals surface area contributed by atoms with Gasteiger partial charge in [0.1, 0.15) is 11.6 Å². The van der Waals surface area contributed by atoms with E-state index >= 15 is 0 Å². The number of anilines is 1. The quantitative estimate of drug-likeness (QED) is 0.706. The van der Waals surface area contributed by atoms with Gasteiger partial charge >= 0.3 is 0 Å². The Morgan fingerprint density at radius 3 is 2.50 bits per heavy atom. The molecule has 0 spiro atoms. The number of likely N-dealkylation sites (N-methyl/N-ethyl adjacent to an activating group) is 1. The van der Waals surface area contributed by atoms with Gasteiger partial charge in [-0.1, -0.05) is 0 Å². The van der Waals surface area contributed by atoms with Crippen LogP contribution in [0.2, 0.25) is 0 Å². The standard InChI is InChI=1S/C10H15N3O/c1-12-4-6-13(7-5-12)10-3-2-9(14)8-11-10/h2-3,8,14H,4-7H2,1H3. The highest BCUT2D eigenvalue weighted by atomic mass is 16.3. The largest absolute Gasteiger partial charge is 0.506 e. The van der Waals surface area contributed by atoms with Crippen LogP contribution >= 0.6 is 0 Å². The lowest BCUT2D eigenvalue weighted by Gasteiger charge is -2.33. The topological polar surface area (TPSA) is 39.6 Å². The summed E-state index contributed by atoms with van der Waals surface area (Å²) in [5, 5.41) is 9.11. The molecule has 4 nitrogen and oxygen atoms in total. The van der Waals surface area contributed by atoms with E-state index in [4.69, 9.17) is 5.11 Å². The third-order valence-corrected chi connectivity index (χ3v) is 2.56. The molecule has 1 fully saturated rings. The molecule has 1 aromatic heterocycles. The Morgan fingerprint density at radius 1 is 1.21 bits per heavy atom. The summed E-state index contributed by atoms with van der Waals surface area (Å²) in [5.41, 5.74) is 0. The number of aromatic hydroxyl groups is 1. The molecule has 0 atom stereocenters. The van der Waals surface area contributed by atoms with Crippen molar-refractivity contribution in [3.05, 3.63) is 18.3 Å². The van der Waals surface area contributed by atoms with Crippen molar-refractivity contribution in [1.29, 1.82) is 0 Å². The molecule has 76 valence electrons. The number of rotatable bonds is 1. The minimum atomic E-state index is 0.225. The van der Waals surface area contributed by atoms with Crippen LogP contribution in [-0.2, 0) is 0 Å². The second-order valence-corrected chi connectivity index (χ2v) is 3.66. The van der Waals surface area contributed by atoms with E-state index in [0.29, 0.717) is 0 Å². The van der Waals surface area contributed by atoms with Gasteiger partial charge < -0.3 is 14.9 Å². The van der Waals surface area contributed by atoms with Gasteiger partial charge in [0, 0.05) is 26.2 Å². The second-order valence-electron chi connectivity index (χ2n) is 3.66. The fourth-order valence-corrected chi connectivity index (χ4v) is 1.60. The average Bonchev–Trinajstić information content (AvgIpc) is 2.21. The Morgan fingerprint density at radius 2 is 1.93 bits per heavy atom. The van der Waals surface area contributed by atoms with E-state index in [0.717, 1.165) is 32.0 Å². The number of pyridine rings is 1. The number of hydrogen-bond donors (Lipinski definition) is 1. The first-order valence-corrected chi connectivity index (χ1v) is 4.84. The maximum Gasteiger partial charge on any atom is 0.134 e. The lowest BCUT2D eigenvalue weighted by Crippen LogP contribution is -2.44. The summed E-state index contributed by atoms with van der Waals surface area (Å²) in [5.74, 6) is 1.18. The predicted molar refractivity (Wildman–Crippen MR) is 55.6 cm³/mol. The lowest BCUT2D eigenvalue weighted by molar-refractivity contribution is 0.312. The highest BCUT2D eigenvalue weighted by molar-refractivity contribution is 5.40. The zero-order chi connectivity index (χ0) is 9.97. The molecule has 1 aliphatic rings. The summed E-state index contributed by atoms with van der Waals surface area (Å²) >= 11 is 0. The minimum Gasteiger partial charge on any atom is -0.506 e. The monoisotopic (exact) mass is 193 g/mol. The van der Waals surface area contributed by atoms with Crippen LogP contribution in [0.4, 0.5) is 5.82 Å². The van der Waals surface area contributed by atoms with Crippen LogP contribution in [0.1, 0.15) is 0 Å². The smallest absolute Gasteiger partial charge is 0.134 e. The van der Waals surface area contributed by atoms with Gasteiger partial charge in [-0.25, -0.2) is 4.98 Å². The van der Waals surface area contributed by atoms with Gasteiger partial charge in [-0.15, -0.1) is 0 Å². The fraction of sp³-hybridized carbons (Fsp3) is 0.500. The molecule has 1 aliphatic heterocycles.